The first-order chi connectivity index (χ1) is 12.5. The van der Waals surface area contributed by atoms with E-state index in [0.29, 0.717) is 12.5 Å². The van der Waals surface area contributed by atoms with E-state index in [2.05, 4.69) is 17.0 Å². The Balaban J connectivity index is 1.61. The minimum atomic E-state index is -0.107. The molecule has 0 aliphatic carbocycles. The van der Waals surface area contributed by atoms with Crippen molar-refractivity contribution in [2.75, 3.05) is 13.2 Å². The van der Waals surface area contributed by atoms with Crippen LogP contribution in [0.3, 0.4) is 0 Å². The number of aromatic nitrogens is 4. The van der Waals surface area contributed by atoms with Crippen LogP contribution in [0.15, 0.2) is 10.2 Å². The van der Waals surface area contributed by atoms with Crippen LogP contribution in [-0.4, -0.2) is 32.5 Å². The van der Waals surface area contributed by atoms with E-state index < -0.39 is 0 Å². The summed E-state index contributed by atoms with van der Waals surface area (Å²) in [6.07, 6.45) is 3.11. The molecule has 0 radical (unpaired) electrons. The lowest BCUT2D eigenvalue weighted by molar-refractivity contribution is 0.0825. The molecule has 0 unspecified atom stereocenters. The van der Waals surface area contributed by atoms with E-state index in [4.69, 9.17) is 9.47 Å². The van der Waals surface area contributed by atoms with Crippen LogP contribution in [-0.2, 0) is 16.0 Å². The second-order valence-corrected chi connectivity index (χ2v) is 8.39. The summed E-state index contributed by atoms with van der Waals surface area (Å²) >= 11 is 1.60. The summed E-state index contributed by atoms with van der Waals surface area (Å²) in [6.45, 7) is 8.09. The van der Waals surface area contributed by atoms with Crippen LogP contribution in [0.2, 0.25) is 0 Å². The molecule has 8 heteroatoms. The van der Waals surface area contributed by atoms with Crippen LogP contribution >= 0.6 is 11.3 Å². The molecule has 7 nitrogen and oxygen atoms in total. The Morgan fingerprint density at radius 2 is 2.15 bits per heavy atom. The Labute approximate surface area is 157 Å². The third kappa shape index (κ3) is 3.25. The highest BCUT2D eigenvalue weighted by Crippen LogP contribution is 2.34. The molecule has 4 rings (SSSR count). The third-order valence-corrected chi connectivity index (χ3v) is 6.13. The molecule has 142 valence electrons. The second-order valence-electron chi connectivity index (χ2n) is 7.50. The minimum Gasteiger partial charge on any atom is -0.371 e. The largest absolute Gasteiger partial charge is 0.371 e. The zero-order chi connectivity index (χ0) is 18.3. The van der Waals surface area contributed by atoms with Gasteiger partial charge in [0.1, 0.15) is 17.2 Å². The van der Waals surface area contributed by atoms with Gasteiger partial charge in [0, 0.05) is 24.6 Å². The first-order valence-electron chi connectivity index (χ1n) is 9.41. The SMILES string of the molecule is CC(C)n1c([C@H]2OCC[C@H]2C)nn(Cc2csc([C@H]3CCCO3)n2)c1=O. The molecule has 0 aromatic carbocycles. The van der Waals surface area contributed by atoms with Crippen LogP contribution < -0.4 is 5.69 Å². The lowest BCUT2D eigenvalue weighted by Gasteiger charge is -2.16. The summed E-state index contributed by atoms with van der Waals surface area (Å²) in [5, 5.41) is 7.65. The maximum absolute atomic E-state index is 12.9. The van der Waals surface area contributed by atoms with Gasteiger partial charge in [0.15, 0.2) is 5.82 Å². The van der Waals surface area contributed by atoms with E-state index in [1.165, 1.54) is 4.68 Å². The van der Waals surface area contributed by atoms with Crippen molar-refractivity contribution in [2.45, 2.75) is 64.8 Å². The first-order valence-corrected chi connectivity index (χ1v) is 10.3. The van der Waals surface area contributed by atoms with Gasteiger partial charge < -0.3 is 9.47 Å². The van der Waals surface area contributed by atoms with Gasteiger partial charge in [0.25, 0.3) is 0 Å². The Hall–Kier alpha value is -1.51. The van der Waals surface area contributed by atoms with Crippen LogP contribution in [0.5, 0.6) is 0 Å². The Morgan fingerprint density at radius 3 is 2.81 bits per heavy atom. The van der Waals surface area contributed by atoms with Gasteiger partial charge >= 0.3 is 5.69 Å². The van der Waals surface area contributed by atoms with Crippen LogP contribution in [0, 0.1) is 5.92 Å². The van der Waals surface area contributed by atoms with Crippen LogP contribution in [0.1, 0.15) is 74.8 Å². The third-order valence-electron chi connectivity index (χ3n) is 5.14. The van der Waals surface area contributed by atoms with E-state index >= 15 is 0 Å². The fraction of sp³-hybridized carbons (Fsp3) is 0.722. The van der Waals surface area contributed by atoms with Crippen molar-refractivity contribution >= 4 is 11.3 Å². The number of hydrogen-bond acceptors (Lipinski definition) is 6. The standard InChI is InChI=1S/C18H26N4O3S/c1-11(2)22-16(15-12(3)6-8-25-15)20-21(18(22)23)9-13-10-26-17(19-13)14-5-4-7-24-14/h10-12,14-15H,4-9H2,1-3H3/t12-,14-,15+/m1/s1. The number of rotatable bonds is 5. The number of ether oxygens (including phenoxy) is 2. The molecule has 0 saturated carbocycles. The molecule has 0 bridgehead atoms. The van der Waals surface area contributed by atoms with Gasteiger partial charge in [-0.2, -0.15) is 5.10 Å². The predicted molar refractivity (Wildman–Crippen MR) is 98.5 cm³/mol. The van der Waals surface area contributed by atoms with Crippen molar-refractivity contribution in [3.05, 3.63) is 32.4 Å². The van der Waals surface area contributed by atoms with E-state index in [9.17, 15) is 4.79 Å². The first kappa shape index (κ1) is 17.9. The Morgan fingerprint density at radius 1 is 1.31 bits per heavy atom. The molecule has 0 amide bonds. The molecule has 2 aromatic rings. The lowest BCUT2D eigenvalue weighted by Crippen LogP contribution is -2.28. The minimum absolute atomic E-state index is 0.0422. The van der Waals surface area contributed by atoms with Gasteiger partial charge in [-0.3, -0.25) is 4.57 Å². The number of nitrogens with zero attached hydrogens (tertiary/aromatic N) is 4. The summed E-state index contributed by atoms with van der Waals surface area (Å²) in [5.74, 6) is 1.11. The number of hydrogen-bond donors (Lipinski definition) is 0. The predicted octanol–water partition coefficient (Wildman–Crippen LogP) is 3.08. The zero-order valence-corrected chi connectivity index (χ0v) is 16.4. The van der Waals surface area contributed by atoms with Crippen molar-refractivity contribution in [3.8, 4) is 0 Å². The summed E-state index contributed by atoms with van der Waals surface area (Å²) < 4.78 is 14.9. The lowest BCUT2D eigenvalue weighted by atomic mass is 10.0. The Bertz CT molecular complexity index is 819. The molecule has 3 atom stereocenters. The molecule has 2 fully saturated rings. The van der Waals surface area contributed by atoms with Crippen LogP contribution in [0.25, 0.3) is 0 Å². The van der Waals surface area contributed by atoms with E-state index in [1.807, 2.05) is 19.2 Å². The highest BCUT2D eigenvalue weighted by Gasteiger charge is 2.32. The molecular weight excluding hydrogens is 352 g/mol. The Kier molecular flexibility index (Phi) is 4.98. The topological polar surface area (TPSA) is 71.2 Å². The average molecular weight is 378 g/mol. The molecule has 2 saturated heterocycles. The van der Waals surface area contributed by atoms with Crippen molar-refractivity contribution < 1.29 is 9.47 Å². The molecule has 2 aromatic heterocycles. The summed E-state index contributed by atoms with van der Waals surface area (Å²) in [4.78, 5) is 17.6. The normalized spacial score (nSPS) is 26.2. The number of thiazole rings is 1. The van der Waals surface area contributed by atoms with Gasteiger partial charge in [0.2, 0.25) is 0 Å². The zero-order valence-electron chi connectivity index (χ0n) is 15.6. The van der Waals surface area contributed by atoms with Crippen molar-refractivity contribution in [2.24, 2.45) is 5.92 Å². The molecule has 0 spiro atoms. The molecule has 4 heterocycles. The van der Waals surface area contributed by atoms with Crippen molar-refractivity contribution in [3.63, 3.8) is 0 Å². The highest BCUT2D eigenvalue weighted by atomic mass is 32.1. The molecule has 2 aliphatic heterocycles. The van der Waals surface area contributed by atoms with Crippen molar-refractivity contribution in [1.82, 2.24) is 19.3 Å². The maximum atomic E-state index is 12.9. The van der Waals surface area contributed by atoms with Crippen LogP contribution in [0.4, 0.5) is 0 Å². The summed E-state index contributed by atoms with van der Waals surface area (Å²) in [6, 6.07) is 0.0422. The smallest absolute Gasteiger partial charge is 0.346 e. The van der Waals surface area contributed by atoms with E-state index in [1.54, 1.807) is 15.9 Å². The molecule has 26 heavy (non-hydrogen) atoms. The monoisotopic (exact) mass is 378 g/mol. The van der Waals surface area contributed by atoms with Gasteiger partial charge in [-0.1, -0.05) is 6.92 Å². The van der Waals surface area contributed by atoms with Gasteiger partial charge in [0.05, 0.1) is 12.2 Å². The van der Waals surface area contributed by atoms with Gasteiger partial charge in [-0.05, 0) is 39.0 Å². The quantitative estimate of drug-likeness (QED) is 0.800. The molecule has 0 N–H and O–H groups in total. The van der Waals surface area contributed by atoms with Gasteiger partial charge in [-0.25, -0.2) is 14.5 Å². The second kappa shape index (κ2) is 7.25. The van der Waals surface area contributed by atoms with E-state index in [-0.39, 0.29) is 23.9 Å². The van der Waals surface area contributed by atoms with Gasteiger partial charge in [-0.15, -0.1) is 11.3 Å². The fourth-order valence-electron chi connectivity index (χ4n) is 3.71. The highest BCUT2D eigenvalue weighted by molar-refractivity contribution is 7.09. The summed E-state index contributed by atoms with van der Waals surface area (Å²) in [7, 11) is 0. The average Bonchev–Trinajstić information content (AvgIpc) is 3.36. The van der Waals surface area contributed by atoms with Crippen molar-refractivity contribution in [1.29, 1.82) is 0 Å². The molecule has 2 aliphatic rings. The summed E-state index contributed by atoms with van der Waals surface area (Å²) in [5.41, 5.74) is 0.771. The fourth-order valence-corrected chi connectivity index (χ4v) is 4.61. The maximum Gasteiger partial charge on any atom is 0.346 e. The van der Waals surface area contributed by atoms with E-state index in [0.717, 1.165) is 49.0 Å². The molecular formula is C18H26N4O3S.